The summed E-state index contributed by atoms with van der Waals surface area (Å²) in [5.74, 6) is 0.0546. The van der Waals surface area contributed by atoms with Crippen LogP contribution in [0.5, 0.6) is 0 Å². The molecule has 0 aliphatic rings. The van der Waals surface area contributed by atoms with Gasteiger partial charge in [-0.1, -0.05) is 66.2 Å². The number of nitrogens with two attached hydrogens (primary N) is 1. The van der Waals surface area contributed by atoms with Gasteiger partial charge in [0.15, 0.2) is 6.54 Å². The zero-order valence-electron chi connectivity index (χ0n) is 15.2. The number of carbonyl (C=O) groups is 1. The fourth-order valence-electron chi connectivity index (χ4n) is 3.03. The Morgan fingerprint density at radius 2 is 1.69 bits per heavy atom. The molecule has 1 amide bonds. The third-order valence-electron chi connectivity index (χ3n) is 4.48. The van der Waals surface area contributed by atoms with E-state index in [-0.39, 0.29) is 18.0 Å². The lowest BCUT2D eigenvalue weighted by Gasteiger charge is -2.18. The van der Waals surface area contributed by atoms with E-state index < -0.39 is 0 Å². The van der Waals surface area contributed by atoms with Gasteiger partial charge in [0, 0.05) is 16.0 Å². The number of benzene rings is 2. The van der Waals surface area contributed by atoms with Gasteiger partial charge in [-0.3, -0.25) is 4.79 Å². The van der Waals surface area contributed by atoms with Crippen LogP contribution in [0.3, 0.4) is 0 Å². The largest absolute Gasteiger partial charge is 0.344 e. The number of nitrogens with one attached hydrogen (secondary N) is 1. The predicted octanol–water partition coefficient (Wildman–Crippen LogP) is 3.59. The van der Waals surface area contributed by atoms with Gasteiger partial charge in [-0.15, -0.1) is 11.3 Å². The van der Waals surface area contributed by atoms with Crippen molar-refractivity contribution in [2.45, 2.75) is 25.9 Å². The molecule has 3 rings (SSSR count). The zero-order chi connectivity index (χ0) is 18.4. The molecule has 0 unspecified atom stereocenters. The molecule has 3 aromatic rings. The molecule has 0 radical (unpaired) electrons. The Kier molecular flexibility index (Phi) is 6.21. The van der Waals surface area contributed by atoms with Gasteiger partial charge in [-0.25, -0.2) is 0 Å². The van der Waals surface area contributed by atoms with Gasteiger partial charge < -0.3 is 10.6 Å². The molecular formula is C22H25N2OS+. The molecule has 4 heteroatoms. The normalized spacial score (nSPS) is 13.2. The van der Waals surface area contributed by atoms with E-state index in [1.54, 1.807) is 11.3 Å². The molecule has 1 heterocycles. The van der Waals surface area contributed by atoms with Crippen LogP contribution in [-0.4, -0.2) is 12.5 Å². The lowest BCUT2D eigenvalue weighted by atomic mass is 9.98. The average Bonchev–Trinajstić information content (AvgIpc) is 3.19. The van der Waals surface area contributed by atoms with Gasteiger partial charge in [0.1, 0.15) is 6.04 Å². The van der Waals surface area contributed by atoms with Crippen LogP contribution >= 0.6 is 11.3 Å². The summed E-state index contributed by atoms with van der Waals surface area (Å²) in [6.45, 7) is 4.51. The molecule has 0 saturated heterocycles. The van der Waals surface area contributed by atoms with Crippen molar-refractivity contribution in [2.24, 2.45) is 0 Å². The maximum atomic E-state index is 12.4. The third kappa shape index (κ3) is 4.81. The van der Waals surface area contributed by atoms with Crippen LogP contribution in [0.15, 0.2) is 72.1 Å². The topological polar surface area (TPSA) is 45.7 Å². The molecule has 2 atom stereocenters. The highest BCUT2D eigenvalue weighted by atomic mass is 32.1. The van der Waals surface area contributed by atoms with Crippen LogP contribution in [0.2, 0.25) is 0 Å². The summed E-state index contributed by atoms with van der Waals surface area (Å²) in [7, 11) is 0. The second-order valence-electron chi connectivity index (χ2n) is 6.54. The predicted molar refractivity (Wildman–Crippen MR) is 107 cm³/mol. The second-order valence-corrected chi connectivity index (χ2v) is 7.52. The minimum absolute atomic E-state index is 0.0467. The van der Waals surface area contributed by atoms with Gasteiger partial charge >= 0.3 is 0 Å². The van der Waals surface area contributed by atoms with Crippen molar-refractivity contribution < 1.29 is 10.1 Å². The first-order valence-electron chi connectivity index (χ1n) is 8.91. The number of quaternary nitrogens is 1. The van der Waals surface area contributed by atoms with Crippen LogP contribution in [0.1, 0.15) is 40.6 Å². The standard InChI is InChI=1S/C22H24N2OS/c1-16-10-12-19(13-11-16)22(18-7-4-3-5-8-18)23-15-21(25)24-17(2)20-9-6-14-26-20/h3-14,17,22-23H,15H2,1-2H3,(H,24,25)/p+1/t17-,22+/m1/s1. The van der Waals surface area contributed by atoms with Crippen LogP contribution in [0.25, 0.3) is 0 Å². The van der Waals surface area contributed by atoms with Crippen molar-refractivity contribution in [3.63, 3.8) is 0 Å². The van der Waals surface area contributed by atoms with Crippen LogP contribution < -0.4 is 10.6 Å². The Balaban J connectivity index is 1.68. The van der Waals surface area contributed by atoms with Crippen molar-refractivity contribution in [3.8, 4) is 0 Å². The molecule has 0 spiro atoms. The second kappa shape index (κ2) is 8.79. The van der Waals surface area contributed by atoms with Crippen molar-refractivity contribution >= 4 is 17.2 Å². The van der Waals surface area contributed by atoms with E-state index in [1.807, 2.05) is 36.6 Å². The van der Waals surface area contributed by atoms with E-state index in [0.717, 1.165) is 0 Å². The molecular weight excluding hydrogens is 340 g/mol. The average molecular weight is 366 g/mol. The van der Waals surface area contributed by atoms with Crippen LogP contribution in [0, 0.1) is 6.92 Å². The third-order valence-corrected chi connectivity index (χ3v) is 5.54. The van der Waals surface area contributed by atoms with Gasteiger partial charge in [0.2, 0.25) is 0 Å². The van der Waals surface area contributed by atoms with Crippen LogP contribution in [0.4, 0.5) is 0 Å². The van der Waals surface area contributed by atoms with Gasteiger partial charge in [-0.05, 0) is 25.3 Å². The smallest absolute Gasteiger partial charge is 0.275 e. The fraction of sp³-hybridized carbons (Fsp3) is 0.227. The summed E-state index contributed by atoms with van der Waals surface area (Å²) in [5.41, 5.74) is 3.65. The Labute approximate surface area is 159 Å². The Morgan fingerprint density at radius 1 is 1.00 bits per heavy atom. The molecule has 0 bridgehead atoms. The molecule has 134 valence electrons. The van der Waals surface area contributed by atoms with E-state index in [0.29, 0.717) is 6.54 Å². The van der Waals surface area contributed by atoms with Crippen molar-refractivity contribution in [2.75, 3.05) is 6.54 Å². The molecule has 0 aliphatic heterocycles. The number of amides is 1. The van der Waals surface area contributed by atoms with Gasteiger partial charge in [-0.2, -0.15) is 0 Å². The number of carbonyl (C=O) groups excluding carboxylic acids is 1. The van der Waals surface area contributed by atoms with E-state index in [2.05, 4.69) is 60.0 Å². The summed E-state index contributed by atoms with van der Waals surface area (Å²) in [6, 6.07) is 23.1. The number of aryl methyl sites for hydroxylation is 1. The first-order valence-corrected chi connectivity index (χ1v) is 9.79. The Morgan fingerprint density at radius 3 is 2.35 bits per heavy atom. The number of hydrogen-bond acceptors (Lipinski definition) is 2. The molecule has 2 aromatic carbocycles. The fourth-order valence-corrected chi connectivity index (χ4v) is 3.77. The molecule has 26 heavy (non-hydrogen) atoms. The minimum atomic E-state index is 0.0467. The monoisotopic (exact) mass is 365 g/mol. The van der Waals surface area contributed by atoms with Gasteiger partial charge in [0.25, 0.3) is 5.91 Å². The first kappa shape index (κ1) is 18.4. The first-order chi connectivity index (χ1) is 12.6. The highest BCUT2D eigenvalue weighted by Crippen LogP contribution is 2.19. The molecule has 0 fully saturated rings. The maximum Gasteiger partial charge on any atom is 0.275 e. The SMILES string of the molecule is Cc1ccc([C@@H]([NH2+]CC(=O)N[C@H](C)c2cccs2)c2ccccc2)cc1. The van der Waals surface area contributed by atoms with E-state index in [9.17, 15) is 4.79 Å². The van der Waals surface area contributed by atoms with Crippen molar-refractivity contribution in [1.29, 1.82) is 0 Å². The van der Waals surface area contributed by atoms with Crippen molar-refractivity contribution in [3.05, 3.63) is 93.7 Å². The quantitative estimate of drug-likeness (QED) is 0.660. The van der Waals surface area contributed by atoms with Crippen LogP contribution in [-0.2, 0) is 4.79 Å². The lowest BCUT2D eigenvalue weighted by molar-refractivity contribution is -0.676. The zero-order valence-corrected chi connectivity index (χ0v) is 16.0. The summed E-state index contributed by atoms with van der Waals surface area (Å²) in [5, 5.41) is 7.23. The molecule has 0 aliphatic carbocycles. The summed E-state index contributed by atoms with van der Waals surface area (Å²) in [6.07, 6.45) is 0. The highest BCUT2D eigenvalue weighted by molar-refractivity contribution is 7.10. The highest BCUT2D eigenvalue weighted by Gasteiger charge is 2.19. The summed E-state index contributed by atoms with van der Waals surface area (Å²) < 4.78 is 0. The molecule has 3 N–H and O–H groups in total. The van der Waals surface area contributed by atoms with E-state index in [4.69, 9.17) is 0 Å². The number of rotatable bonds is 7. The molecule has 0 saturated carbocycles. The van der Waals surface area contributed by atoms with E-state index >= 15 is 0 Å². The molecule has 3 nitrogen and oxygen atoms in total. The molecule has 1 aromatic heterocycles. The minimum Gasteiger partial charge on any atom is -0.344 e. The Bertz CT molecular complexity index is 813. The van der Waals surface area contributed by atoms with Crippen molar-refractivity contribution in [1.82, 2.24) is 5.32 Å². The number of hydrogen-bond donors (Lipinski definition) is 2. The maximum absolute atomic E-state index is 12.4. The lowest BCUT2D eigenvalue weighted by Crippen LogP contribution is -2.87. The summed E-state index contributed by atoms with van der Waals surface area (Å²) >= 11 is 1.67. The van der Waals surface area contributed by atoms with E-state index in [1.165, 1.54) is 21.6 Å². The Hall–Kier alpha value is -2.43. The number of thiophene rings is 1. The summed E-state index contributed by atoms with van der Waals surface area (Å²) in [4.78, 5) is 13.6. The van der Waals surface area contributed by atoms with Gasteiger partial charge in [0.05, 0.1) is 6.04 Å².